The van der Waals surface area contributed by atoms with Gasteiger partial charge in [-0.3, -0.25) is 0 Å². The fraction of sp³-hybridized carbons (Fsp3) is 0. The average molecular weight is 170 g/mol. The molecular weight excluding hydrogens is 163 g/mol. The molecule has 2 aromatic rings. The van der Waals surface area contributed by atoms with Crippen LogP contribution in [0.4, 0.5) is 4.39 Å². The van der Waals surface area contributed by atoms with E-state index in [1.54, 1.807) is 18.2 Å². The van der Waals surface area contributed by atoms with E-state index in [-0.39, 0.29) is 5.82 Å². The quantitative estimate of drug-likeness (QED) is 0.533. The molecular formula is C12H7F. The molecule has 2 aromatic carbocycles. The lowest BCUT2D eigenvalue weighted by atomic mass is 10.1. The Morgan fingerprint density at radius 2 is 1.85 bits per heavy atom. The summed E-state index contributed by atoms with van der Waals surface area (Å²) in [6.07, 6.45) is 5.15. The Bertz CT molecular complexity index is 492. The fourth-order valence-corrected chi connectivity index (χ4v) is 1.35. The van der Waals surface area contributed by atoms with Crippen LogP contribution in [0.15, 0.2) is 36.4 Å². The second-order valence-electron chi connectivity index (χ2n) is 2.79. The van der Waals surface area contributed by atoms with Gasteiger partial charge < -0.3 is 0 Å². The van der Waals surface area contributed by atoms with Crippen molar-refractivity contribution >= 4 is 10.8 Å². The van der Waals surface area contributed by atoms with Crippen molar-refractivity contribution in [2.75, 3.05) is 0 Å². The van der Waals surface area contributed by atoms with E-state index in [0.29, 0.717) is 10.9 Å². The highest BCUT2D eigenvalue weighted by molar-refractivity contribution is 5.84. The van der Waals surface area contributed by atoms with Gasteiger partial charge >= 0.3 is 0 Å². The number of hydrogen-bond acceptors (Lipinski definition) is 0. The summed E-state index contributed by atoms with van der Waals surface area (Å²) in [5.41, 5.74) is 0.318. The van der Waals surface area contributed by atoms with E-state index in [1.807, 2.05) is 18.2 Å². The molecule has 0 aliphatic heterocycles. The van der Waals surface area contributed by atoms with E-state index in [0.717, 1.165) is 5.39 Å². The Hall–Kier alpha value is -1.81. The van der Waals surface area contributed by atoms with Gasteiger partial charge in [0.2, 0.25) is 0 Å². The van der Waals surface area contributed by atoms with E-state index >= 15 is 0 Å². The van der Waals surface area contributed by atoms with Crippen LogP contribution >= 0.6 is 0 Å². The number of terminal acetylenes is 1. The first-order chi connectivity index (χ1) is 6.33. The van der Waals surface area contributed by atoms with Gasteiger partial charge in [-0.25, -0.2) is 4.39 Å². The lowest BCUT2D eigenvalue weighted by molar-refractivity contribution is 0.636. The van der Waals surface area contributed by atoms with Crippen molar-refractivity contribution in [2.24, 2.45) is 0 Å². The molecule has 0 unspecified atom stereocenters. The molecule has 0 saturated heterocycles. The van der Waals surface area contributed by atoms with Crippen LogP contribution in [-0.4, -0.2) is 0 Å². The molecule has 0 spiro atoms. The topological polar surface area (TPSA) is 0 Å². The Morgan fingerprint density at radius 1 is 1.08 bits per heavy atom. The van der Waals surface area contributed by atoms with Crippen molar-refractivity contribution in [3.05, 3.63) is 47.8 Å². The predicted molar refractivity (Wildman–Crippen MR) is 51.8 cm³/mol. The SMILES string of the molecule is C#Cc1ccc2ccccc2c1F. The van der Waals surface area contributed by atoms with Crippen LogP contribution in [0.1, 0.15) is 5.56 Å². The maximum absolute atomic E-state index is 13.5. The number of halogens is 1. The molecule has 0 aliphatic rings. The molecule has 0 aromatic heterocycles. The maximum Gasteiger partial charge on any atom is 0.146 e. The molecule has 2 rings (SSSR count). The standard InChI is InChI=1S/C12H7F/c1-2-9-7-8-10-5-3-4-6-11(10)12(9)13/h1,3-8H. The highest BCUT2D eigenvalue weighted by atomic mass is 19.1. The summed E-state index contributed by atoms with van der Waals surface area (Å²) in [6, 6.07) is 10.7. The molecule has 0 heterocycles. The summed E-state index contributed by atoms with van der Waals surface area (Å²) in [4.78, 5) is 0. The van der Waals surface area contributed by atoms with Gasteiger partial charge in [0.15, 0.2) is 0 Å². The average Bonchev–Trinajstić information content (AvgIpc) is 2.19. The van der Waals surface area contributed by atoms with Gasteiger partial charge in [-0.05, 0) is 11.5 Å². The van der Waals surface area contributed by atoms with Crippen LogP contribution in [0.3, 0.4) is 0 Å². The van der Waals surface area contributed by atoms with E-state index in [4.69, 9.17) is 6.42 Å². The summed E-state index contributed by atoms with van der Waals surface area (Å²) >= 11 is 0. The van der Waals surface area contributed by atoms with Crippen LogP contribution in [0.25, 0.3) is 10.8 Å². The van der Waals surface area contributed by atoms with Gasteiger partial charge in [-0.15, -0.1) is 6.42 Å². The molecule has 0 nitrogen and oxygen atoms in total. The second-order valence-corrected chi connectivity index (χ2v) is 2.79. The predicted octanol–water partition coefficient (Wildman–Crippen LogP) is 2.96. The first kappa shape index (κ1) is 7.82. The minimum Gasteiger partial charge on any atom is -0.205 e. The number of rotatable bonds is 0. The van der Waals surface area contributed by atoms with Crippen LogP contribution in [0.5, 0.6) is 0 Å². The third-order valence-electron chi connectivity index (χ3n) is 2.02. The Labute approximate surface area is 76.0 Å². The fourth-order valence-electron chi connectivity index (χ4n) is 1.35. The first-order valence-electron chi connectivity index (χ1n) is 3.97. The van der Waals surface area contributed by atoms with Gasteiger partial charge in [-0.1, -0.05) is 36.3 Å². The third-order valence-corrected chi connectivity index (χ3v) is 2.02. The molecule has 0 radical (unpaired) electrons. The minimum absolute atomic E-state index is 0.305. The summed E-state index contributed by atoms with van der Waals surface area (Å²) in [5, 5.41) is 1.46. The molecule has 0 bridgehead atoms. The zero-order valence-corrected chi connectivity index (χ0v) is 6.92. The first-order valence-corrected chi connectivity index (χ1v) is 3.97. The summed E-state index contributed by atoms with van der Waals surface area (Å²) in [5.74, 6) is 2.01. The van der Waals surface area contributed by atoms with Gasteiger partial charge in [0.1, 0.15) is 5.82 Å². The van der Waals surface area contributed by atoms with Gasteiger partial charge in [0.25, 0.3) is 0 Å². The molecule has 0 amide bonds. The largest absolute Gasteiger partial charge is 0.205 e. The molecule has 0 atom stereocenters. The number of hydrogen-bond donors (Lipinski definition) is 0. The summed E-state index contributed by atoms with van der Waals surface area (Å²) in [6.45, 7) is 0. The van der Waals surface area contributed by atoms with Crippen molar-refractivity contribution in [3.63, 3.8) is 0 Å². The highest BCUT2D eigenvalue weighted by Gasteiger charge is 2.03. The monoisotopic (exact) mass is 170 g/mol. The molecule has 13 heavy (non-hydrogen) atoms. The molecule has 0 fully saturated rings. The smallest absolute Gasteiger partial charge is 0.146 e. The van der Waals surface area contributed by atoms with Crippen molar-refractivity contribution in [2.45, 2.75) is 0 Å². The molecule has 0 saturated carbocycles. The van der Waals surface area contributed by atoms with Gasteiger partial charge in [0, 0.05) is 5.39 Å². The van der Waals surface area contributed by atoms with E-state index < -0.39 is 0 Å². The van der Waals surface area contributed by atoms with Crippen molar-refractivity contribution in [3.8, 4) is 12.3 Å². The maximum atomic E-state index is 13.5. The molecule has 0 aliphatic carbocycles. The van der Waals surface area contributed by atoms with Crippen LogP contribution in [0, 0.1) is 18.2 Å². The van der Waals surface area contributed by atoms with E-state index in [9.17, 15) is 4.39 Å². The third kappa shape index (κ3) is 1.17. The van der Waals surface area contributed by atoms with E-state index in [1.165, 1.54) is 0 Å². The lowest BCUT2D eigenvalue weighted by Crippen LogP contribution is -1.84. The van der Waals surface area contributed by atoms with Crippen LogP contribution < -0.4 is 0 Å². The van der Waals surface area contributed by atoms with E-state index in [2.05, 4.69) is 5.92 Å². The van der Waals surface area contributed by atoms with Crippen molar-refractivity contribution < 1.29 is 4.39 Å². The Balaban J connectivity index is 2.89. The van der Waals surface area contributed by atoms with Gasteiger partial charge in [0.05, 0.1) is 5.56 Å². The van der Waals surface area contributed by atoms with Crippen LogP contribution in [0.2, 0.25) is 0 Å². The molecule has 62 valence electrons. The Morgan fingerprint density at radius 3 is 2.62 bits per heavy atom. The highest BCUT2D eigenvalue weighted by Crippen LogP contribution is 2.19. The minimum atomic E-state index is -0.305. The number of fused-ring (bicyclic) bond motifs is 1. The summed E-state index contributed by atoms with van der Waals surface area (Å²) in [7, 11) is 0. The molecule has 1 heteroatoms. The lowest BCUT2D eigenvalue weighted by Gasteiger charge is -2.00. The Kier molecular flexibility index (Phi) is 1.75. The second kappa shape index (κ2) is 2.91. The van der Waals surface area contributed by atoms with Crippen molar-refractivity contribution in [1.29, 1.82) is 0 Å². The zero-order chi connectivity index (χ0) is 9.26. The molecule has 0 N–H and O–H groups in total. The zero-order valence-electron chi connectivity index (χ0n) is 6.92. The van der Waals surface area contributed by atoms with Gasteiger partial charge in [-0.2, -0.15) is 0 Å². The van der Waals surface area contributed by atoms with Crippen LogP contribution in [-0.2, 0) is 0 Å². The summed E-state index contributed by atoms with van der Waals surface area (Å²) < 4.78 is 13.5. The normalized spacial score (nSPS) is 9.85. The van der Waals surface area contributed by atoms with Crippen molar-refractivity contribution in [1.82, 2.24) is 0 Å². The number of benzene rings is 2.